The number of carbonyl (C=O) groups excluding carboxylic acids is 3. The second-order valence-corrected chi connectivity index (χ2v) is 9.86. The molecule has 0 radical (unpaired) electrons. The maximum absolute atomic E-state index is 13.3. The lowest BCUT2D eigenvalue weighted by atomic mass is 9.89. The number of rotatable bonds is 5. The van der Waals surface area contributed by atoms with E-state index in [2.05, 4.69) is 12.1 Å². The molecule has 35 heavy (non-hydrogen) atoms. The lowest BCUT2D eigenvalue weighted by molar-refractivity contribution is -0.138. The number of methoxy groups -OCH3 is 1. The van der Waals surface area contributed by atoms with Crippen molar-refractivity contribution in [3.63, 3.8) is 0 Å². The number of ether oxygens (including phenoxy) is 1. The quantitative estimate of drug-likeness (QED) is 0.580. The number of aliphatic imine (C=N–C) groups is 1. The summed E-state index contributed by atoms with van der Waals surface area (Å²) in [5.41, 5.74) is 5.24. The van der Waals surface area contributed by atoms with Crippen molar-refractivity contribution in [1.82, 2.24) is 14.7 Å². The fourth-order valence-corrected chi connectivity index (χ4v) is 5.81. The number of allylic oxidation sites excluding steroid dienone is 1. The molecule has 0 spiro atoms. The summed E-state index contributed by atoms with van der Waals surface area (Å²) in [7, 11) is 1.39. The Morgan fingerprint density at radius 3 is 2.40 bits per heavy atom. The Morgan fingerprint density at radius 1 is 1.11 bits per heavy atom. The number of benzene rings is 1. The van der Waals surface area contributed by atoms with Gasteiger partial charge >= 0.3 is 5.97 Å². The van der Waals surface area contributed by atoms with Crippen molar-refractivity contribution >= 4 is 34.7 Å². The number of aryl methyl sites for hydroxylation is 2. The fraction of sp³-hybridized carbons (Fsp3) is 0.462. The summed E-state index contributed by atoms with van der Waals surface area (Å²) >= 11 is 1.48. The Hall–Kier alpha value is -3.07. The van der Waals surface area contributed by atoms with Crippen LogP contribution in [0.4, 0.5) is 0 Å². The largest absolute Gasteiger partial charge is 0.466 e. The summed E-state index contributed by atoms with van der Waals surface area (Å²) in [6.45, 7) is 9.76. The molecule has 9 heteroatoms. The molecular formula is C26H32N4O4S. The molecular weight excluding hydrogens is 464 g/mol. The number of amides is 2. The first-order chi connectivity index (χ1) is 16.7. The minimum atomic E-state index is -0.422. The van der Waals surface area contributed by atoms with Crippen LogP contribution in [0.2, 0.25) is 0 Å². The highest BCUT2D eigenvalue weighted by Crippen LogP contribution is 2.46. The van der Waals surface area contributed by atoms with Crippen molar-refractivity contribution in [2.45, 2.75) is 46.6 Å². The molecule has 1 saturated heterocycles. The molecule has 0 bridgehead atoms. The summed E-state index contributed by atoms with van der Waals surface area (Å²) < 4.78 is 5.20. The van der Waals surface area contributed by atoms with Gasteiger partial charge in [-0.3, -0.25) is 9.59 Å². The van der Waals surface area contributed by atoms with Crippen molar-refractivity contribution in [3.8, 4) is 0 Å². The summed E-state index contributed by atoms with van der Waals surface area (Å²) in [5.74, 6) is -0.366. The molecule has 1 aromatic rings. The minimum Gasteiger partial charge on any atom is -0.466 e. The van der Waals surface area contributed by atoms with Crippen LogP contribution in [-0.4, -0.2) is 70.9 Å². The normalized spacial score (nSPS) is 19.9. The zero-order valence-corrected chi connectivity index (χ0v) is 21.8. The SMILES string of the molecule is CCC1=C(C(=O)OC)[C@@H](c2ccc(C)cc2C)N2C(CC(=O)N3CCN(C(C)=O)CC3)=CSC2=N1. The van der Waals surface area contributed by atoms with E-state index in [9.17, 15) is 14.4 Å². The molecule has 0 aliphatic carbocycles. The molecule has 0 N–H and O–H groups in total. The Kier molecular flexibility index (Phi) is 7.35. The third kappa shape index (κ3) is 4.87. The summed E-state index contributed by atoms with van der Waals surface area (Å²) in [6, 6.07) is 5.78. The maximum Gasteiger partial charge on any atom is 0.338 e. The van der Waals surface area contributed by atoms with Crippen LogP contribution in [0.5, 0.6) is 0 Å². The molecule has 4 rings (SSSR count). The predicted octanol–water partition coefficient (Wildman–Crippen LogP) is 3.52. The topological polar surface area (TPSA) is 82.5 Å². The van der Waals surface area contributed by atoms with Crippen LogP contribution in [0, 0.1) is 13.8 Å². The molecule has 0 saturated carbocycles. The molecule has 0 aromatic heterocycles. The first-order valence-electron chi connectivity index (χ1n) is 11.9. The van der Waals surface area contributed by atoms with Crippen LogP contribution in [-0.2, 0) is 19.1 Å². The van der Waals surface area contributed by atoms with Gasteiger partial charge in [0.15, 0.2) is 5.17 Å². The van der Waals surface area contributed by atoms with Crippen LogP contribution >= 0.6 is 11.8 Å². The second kappa shape index (κ2) is 10.3. The van der Waals surface area contributed by atoms with Crippen LogP contribution < -0.4 is 0 Å². The Balaban J connectivity index is 1.66. The van der Waals surface area contributed by atoms with Gasteiger partial charge in [0.25, 0.3) is 0 Å². The van der Waals surface area contributed by atoms with Crippen molar-refractivity contribution in [1.29, 1.82) is 0 Å². The van der Waals surface area contributed by atoms with Gasteiger partial charge < -0.3 is 19.4 Å². The number of hydrogen-bond acceptors (Lipinski definition) is 7. The third-order valence-corrected chi connectivity index (χ3v) is 7.65. The highest BCUT2D eigenvalue weighted by molar-refractivity contribution is 8.16. The number of amidine groups is 1. The number of hydrogen-bond donors (Lipinski definition) is 0. The van der Waals surface area contributed by atoms with Crippen LogP contribution in [0.25, 0.3) is 0 Å². The molecule has 3 heterocycles. The number of esters is 1. The van der Waals surface area contributed by atoms with Gasteiger partial charge in [0.05, 0.1) is 30.8 Å². The first-order valence-corrected chi connectivity index (χ1v) is 12.8. The number of thioether (sulfide) groups is 1. The van der Waals surface area contributed by atoms with E-state index in [0.717, 1.165) is 27.6 Å². The van der Waals surface area contributed by atoms with E-state index >= 15 is 0 Å². The lowest BCUT2D eigenvalue weighted by Gasteiger charge is -2.38. The number of carbonyl (C=O) groups is 3. The first kappa shape index (κ1) is 25.0. The number of piperazine rings is 1. The highest BCUT2D eigenvalue weighted by atomic mass is 32.2. The van der Waals surface area contributed by atoms with E-state index in [1.54, 1.807) is 11.8 Å². The molecule has 2 amide bonds. The van der Waals surface area contributed by atoms with Gasteiger partial charge in [-0.25, -0.2) is 9.79 Å². The average molecular weight is 497 g/mol. The number of nitrogens with zero attached hydrogens (tertiary/aromatic N) is 4. The number of fused-ring (bicyclic) bond motifs is 1. The Labute approximate surface area is 210 Å². The molecule has 3 aliphatic rings. The molecule has 1 atom stereocenters. The third-order valence-electron chi connectivity index (χ3n) is 6.76. The average Bonchev–Trinajstić information content (AvgIpc) is 3.24. The molecule has 1 fully saturated rings. The molecule has 3 aliphatic heterocycles. The highest BCUT2D eigenvalue weighted by Gasteiger charge is 2.42. The van der Waals surface area contributed by atoms with E-state index in [0.29, 0.717) is 43.9 Å². The van der Waals surface area contributed by atoms with Gasteiger partial charge in [0, 0.05) is 38.8 Å². The fourth-order valence-electron chi connectivity index (χ4n) is 4.88. The molecule has 8 nitrogen and oxygen atoms in total. The van der Waals surface area contributed by atoms with Gasteiger partial charge in [0.2, 0.25) is 11.8 Å². The van der Waals surface area contributed by atoms with Crippen molar-refractivity contribution in [2.75, 3.05) is 33.3 Å². The molecule has 0 unspecified atom stereocenters. The monoisotopic (exact) mass is 496 g/mol. The zero-order chi connectivity index (χ0) is 25.3. The van der Waals surface area contributed by atoms with Gasteiger partial charge in [-0.15, -0.1) is 0 Å². The lowest BCUT2D eigenvalue weighted by Crippen LogP contribution is -2.50. The van der Waals surface area contributed by atoms with E-state index < -0.39 is 12.0 Å². The molecule has 186 valence electrons. The standard InChI is InChI=1S/C26H32N4O4S/c1-6-21-23(25(33)34-5)24(20-8-7-16(2)13-17(20)3)30-19(15-35-26(30)27-21)14-22(32)29-11-9-28(10-12-29)18(4)31/h7-8,13,15,24H,6,9-12,14H2,1-5H3/t24-/m1/s1. The van der Waals surface area contributed by atoms with E-state index in [1.807, 2.05) is 42.0 Å². The van der Waals surface area contributed by atoms with Crippen LogP contribution in [0.3, 0.4) is 0 Å². The van der Waals surface area contributed by atoms with E-state index in [4.69, 9.17) is 9.73 Å². The van der Waals surface area contributed by atoms with Crippen molar-refractivity contribution in [3.05, 3.63) is 57.3 Å². The van der Waals surface area contributed by atoms with Gasteiger partial charge in [0.1, 0.15) is 0 Å². The summed E-state index contributed by atoms with van der Waals surface area (Å²) in [4.78, 5) is 48.3. The molecule has 1 aromatic carbocycles. The smallest absolute Gasteiger partial charge is 0.338 e. The second-order valence-electron chi connectivity index (χ2n) is 9.02. The minimum absolute atomic E-state index is 0.00515. The zero-order valence-electron chi connectivity index (χ0n) is 21.0. The van der Waals surface area contributed by atoms with Crippen LogP contribution in [0.15, 0.2) is 45.6 Å². The maximum atomic E-state index is 13.3. The van der Waals surface area contributed by atoms with Gasteiger partial charge in [-0.1, -0.05) is 42.4 Å². The van der Waals surface area contributed by atoms with Gasteiger partial charge in [-0.05, 0) is 36.8 Å². The summed E-state index contributed by atoms with van der Waals surface area (Å²) in [5, 5.41) is 2.73. The van der Waals surface area contributed by atoms with Crippen LogP contribution in [0.1, 0.15) is 49.4 Å². The van der Waals surface area contributed by atoms with Crippen molar-refractivity contribution in [2.24, 2.45) is 4.99 Å². The van der Waals surface area contributed by atoms with Crippen molar-refractivity contribution < 1.29 is 19.1 Å². The summed E-state index contributed by atoms with van der Waals surface area (Å²) in [6.07, 6.45) is 0.793. The Morgan fingerprint density at radius 2 is 1.80 bits per heavy atom. The Bertz CT molecular complexity index is 1150. The predicted molar refractivity (Wildman–Crippen MR) is 136 cm³/mol. The van der Waals surface area contributed by atoms with E-state index in [1.165, 1.54) is 18.9 Å². The van der Waals surface area contributed by atoms with E-state index in [-0.39, 0.29) is 18.2 Å². The van der Waals surface area contributed by atoms with Gasteiger partial charge in [-0.2, -0.15) is 0 Å².